The van der Waals surface area contributed by atoms with Gasteiger partial charge in [-0.15, -0.1) is 0 Å². The summed E-state index contributed by atoms with van der Waals surface area (Å²) in [4.78, 5) is 26.1. The lowest BCUT2D eigenvalue weighted by atomic mass is 10.2. The number of imidazole rings is 1. The molecule has 1 aromatic carbocycles. The Balaban J connectivity index is 2.03. The van der Waals surface area contributed by atoms with Crippen LogP contribution in [0.1, 0.15) is 17.3 Å². The number of carbonyl (C=O) groups is 1. The number of benzene rings is 1. The van der Waals surface area contributed by atoms with Crippen LogP contribution in [0.2, 0.25) is 5.02 Å². The van der Waals surface area contributed by atoms with Crippen LogP contribution in [0.3, 0.4) is 0 Å². The highest BCUT2D eigenvalue weighted by Crippen LogP contribution is 2.24. The Kier molecular flexibility index (Phi) is 4.54. The van der Waals surface area contributed by atoms with Gasteiger partial charge in [0.1, 0.15) is 5.02 Å². The third-order valence-electron chi connectivity index (χ3n) is 2.83. The SMILES string of the molecule is CC(Cn1ccnc1)NC(=O)c1ccc([N+](=O)[O-])c(Cl)c1. The lowest BCUT2D eigenvalue weighted by molar-refractivity contribution is -0.384. The number of carbonyl (C=O) groups excluding carboxylic acids is 1. The first-order valence-electron chi connectivity index (χ1n) is 6.18. The summed E-state index contributed by atoms with van der Waals surface area (Å²) >= 11 is 5.79. The molecule has 0 saturated carbocycles. The van der Waals surface area contributed by atoms with Crippen LogP contribution in [0.15, 0.2) is 36.9 Å². The molecular weight excluding hydrogens is 296 g/mol. The molecule has 0 fully saturated rings. The molecule has 0 aliphatic carbocycles. The molecule has 2 rings (SSSR count). The summed E-state index contributed by atoms with van der Waals surface area (Å²) < 4.78 is 1.84. The normalized spacial score (nSPS) is 11.9. The molecule has 0 radical (unpaired) electrons. The molecule has 2 aromatic rings. The molecule has 0 bridgehead atoms. The van der Waals surface area contributed by atoms with Gasteiger partial charge >= 0.3 is 0 Å². The van der Waals surface area contributed by atoms with Crippen molar-refractivity contribution in [2.75, 3.05) is 0 Å². The van der Waals surface area contributed by atoms with E-state index in [0.717, 1.165) is 0 Å². The molecule has 1 atom stereocenters. The summed E-state index contributed by atoms with van der Waals surface area (Å²) in [5.74, 6) is -0.334. The molecule has 1 amide bonds. The van der Waals surface area contributed by atoms with E-state index in [4.69, 9.17) is 11.6 Å². The summed E-state index contributed by atoms with van der Waals surface area (Å²) in [7, 11) is 0. The fraction of sp³-hybridized carbons (Fsp3) is 0.231. The average molecular weight is 309 g/mol. The second kappa shape index (κ2) is 6.36. The van der Waals surface area contributed by atoms with Crippen LogP contribution < -0.4 is 5.32 Å². The lowest BCUT2D eigenvalue weighted by Gasteiger charge is -2.14. The summed E-state index contributed by atoms with van der Waals surface area (Å²) in [6.45, 7) is 2.43. The highest BCUT2D eigenvalue weighted by atomic mass is 35.5. The van der Waals surface area contributed by atoms with Gasteiger partial charge in [0.05, 0.1) is 11.3 Å². The summed E-state index contributed by atoms with van der Waals surface area (Å²) in [5, 5.41) is 13.4. The third-order valence-corrected chi connectivity index (χ3v) is 3.13. The van der Waals surface area contributed by atoms with E-state index < -0.39 is 4.92 Å². The van der Waals surface area contributed by atoms with E-state index in [0.29, 0.717) is 6.54 Å². The molecule has 7 nitrogen and oxygen atoms in total. The van der Waals surface area contributed by atoms with Crippen molar-refractivity contribution in [2.24, 2.45) is 0 Å². The van der Waals surface area contributed by atoms with E-state index in [1.165, 1.54) is 18.2 Å². The number of aromatic nitrogens is 2. The van der Waals surface area contributed by atoms with Crippen LogP contribution in [-0.4, -0.2) is 26.4 Å². The second-order valence-electron chi connectivity index (χ2n) is 4.56. The van der Waals surface area contributed by atoms with Gasteiger partial charge in [-0.25, -0.2) is 4.98 Å². The van der Waals surface area contributed by atoms with Crippen molar-refractivity contribution in [1.82, 2.24) is 14.9 Å². The van der Waals surface area contributed by atoms with Crippen molar-refractivity contribution >= 4 is 23.2 Å². The molecule has 8 heteroatoms. The highest BCUT2D eigenvalue weighted by Gasteiger charge is 2.16. The fourth-order valence-electron chi connectivity index (χ4n) is 1.86. The first kappa shape index (κ1) is 15.0. The Morgan fingerprint density at radius 2 is 2.33 bits per heavy atom. The van der Waals surface area contributed by atoms with Crippen LogP contribution in [0.5, 0.6) is 0 Å². The summed E-state index contributed by atoms with van der Waals surface area (Å²) in [5.41, 5.74) is 0.0581. The monoisotopic (exact) mass is 308 g/mol. The Labute approximate surface area is 125 Å². The average Bonchev–Trinajstić information content (AvgIpc) is 2.90. The van der Waals surface area contributed by atoms with Gasteiger partial charge in [0.2, 0.25) is 0 Å². The number of nitro benzene ring substituents is 1. The number of rotatable bonds is 5. The van der Waals surface area contributed by atoms with Gasteiger partial charge in [0, 0.05) is 36.6 Å². The Morgan fingerprint density at radius 1 is 1.57 bits per heavy atom. The van der Waals surface area contributed by atoms with Gasteiger partial charge < -0.3 is 9.88 Å². The quantitative estimate of drug-likeness (QED) is 0.677. The van der Waals surface area contributed by atoms with E-state index in [1.54, 1.807) is 18.7 Å². The van der Waals surface area contributed by atoms with Crippen molar-refractivity contribution in [3.63, 3.8) is 0 Å². The van der Waals surface area contributed by atoms with Crippen molar-refractivity contribution in [1.29, 1.82) is 0 Å². The smallest absolute Gasteiger partial charge is 0.287 e. The number of nitrogens with one attached hydrogen (secondary N) is 1. The Bertz CT molecular complexity index is 657. The second-order valence-corrected chi connectivity index (χ2v) is 4.96. The van der Waals surface area contributed by atoms with Crippen LogP contribution in [-0.2, 0) is 6.54 Å². The van der Waals surface area contributed by atoms with E-state index >= 15 is 0 Å². The van der Waals surface area contributed by atoms with Crippen molar-refractivity contribution < 1.29 is 9.72 Å². The third kappa shape index (κ3) is 3.79. The number of amides is 1. The maximum absolute atomic E-state index is 12.1. The van der Waals surface area contributed by atoms with Crippen molar-refractivity contribution in [2.45, 2.75) is 19.5 Å². The standard InChI is InChI=1S/C13H13ClN4O3/c1-9(7-17-5-4-15-8-17)16-13(19)10-2-3-12(18(20)21)11(14)6-10/h2-6,8-9H,7H2,1H3,(H,16,19). The maximum Gasteiger partial charge on any atom is 0.287 e. The van der Waals surface area contributed by atoms with Gasteiger partial charge in [0.25, 0.3) is 11.6 Å². The Morgan fingerprint density at radius 3 is 2.90 bits per heavy atom. The minimum atomic E-state index is -0.592. The first-order chi connectivity index (χ1) is 9.97. The fourth-order valence-corrected chi connectivity index (χ4v) is 2.11. The topological polar surface area (TPSA) is 90.1 Å². The molecule has 1 unspecified atom stereocenters. The van der Waals surface area contributed by atoms with Crippen LogP contribution >= 0.6 is 11.6 Å². The van der Waals surface area contributed by atoms with Gasteiger partial charge in [-0.05, 0) is 19.1 Å². The number of nitro groups is 1. The van der Waals surface area contributed by atoms with Crippen molar-refractivity contribution in [3.8, 4) is 0 Å². The van der Waals surface area contributed by atoms with E-state index in [1.807, 2.05) is 11.5 Å². The molecule has 0 spiro atoms. The van der Waals surface area contributed by atoms with Gasteiger partial charge in [-0.1, -0.05) is 11.6 Å². The molecule has 1 N–H and O–H groups in total. The number of halogens is 1. The largest absolute Gasteiger partial charge is 0.348 e. The molecule has 0 saturated heterocycles. The van der Waals surface area contributed by atoms with E-state index in [-0.39, 0.29) is 28.2 Å². The molecule has 0 aliphatic rings. The van der Waals surface area contributed by atoms with Crippen LogP contribution in [0, 0.1) is 10.1 Å². The van der Waals surface area contributed by atoms with Gasteiger partial charge in [0.15, 0.2) is 0 Å². The first-order valence-corrected chi connectivity index (χ1v) is 6.55. The van der Waals surface area contributed by atoms with E-state index in [9.17, 15) is 14.9 Å². The lowest BCUT2D eigenvalue weighted by Crippen LogP contribution is -2.35. The summed E-state index contributed by atoms with van der Waals surface area (Å²) in [6.07, 6.45) is 5.11. The Hall–Kier alpha value is -2.41. The van der Waals surface area contributed by atoms with Gasteiger partial charge in [-0.3, -0.25) is 14.9 Å². The number of hydrogen-bond acceptors (Lipinski definition) is 4. The predicted molar refractivity (Wildman–Crippen MR) is 77.3 cm³/mol. The minimum absolute atomic E-state index is 0.0603. The predicted octanol–water partition coefficient (Wildman–Crippen LogP) is 2.26. The van der Waals surface area contributed by atoms with Crippen LogP contribution in [0.25, 0.3) is 0 Å². The summed E-state index contributed by atoms with van der Waals surface area (Å²) in [6, 6.07) is 3.76. The molecule has 1 aromatic heterocycles. The number of hydrogen-bond donors (Lipinski definition) is 1. The zero-order valence-electron chi connectivity index (χ0n) is 11.2. The maximum atomic E-state index is 12.1. The molecule has 110 valence electrons. The molecule has 0 aliphatic heterocycles. The minimum Gasteiger partial charge on any atom is -0.348 e. The molecule has 1 heterocycles. The van der Waals surface area contributed by atoms with Crippen molar-refractivity contribution in [3.05, 3.63) is 57.6 Å². The highest BCUT2D eigenvalue weighted by molar-refractivity contribution is 6.33. The molecule has 21 heavy (non-hydrogen) atoms. The van der Waals surface area contributed by atoms with Crippen LogP contribution in [0.4, 0.5) is 5.69 Å². The number of nitrogens with zero attached hydrogens (tertiary/aromatic N) is 3. The van der Waals surface area contributed by atoms with Gasteiger partial charge in [-0.2, -0.15) is 0 Å². The zero-order valence-corrected chi connectivity index (χ0v) is 11.9. The van der Waals surface area contributed by atoms with E-state index in [2.05, 4.69) is 10.3 Å². The zero-order chi connectivity index (χ0) is 15.4. The molecular formula is C13H13ClN4O3.